The van der Waals surface area contributed by atoms with Gasteiger partial charge in [-0.1, -0.05) is 54.6 Å². The van der Waals surface area contributed by atoms with E-state index in [0.717, 1.165) is 22.3 Å². The molecule has 0 spiro atoms. The molecule has 0 N–H and O–H groups in total. The topological polar surface area (TPSA) is 26.3 Å². The molecule has 1 heterocycles. The molecule has 2 unspecified atom stereocenters. The van der Waals surface area contributed by atoms with Gasteiger partial charge in [-0.2, -0.15) is 0 Å². The minimum Gasteiger partial charge on any atom is -0.425 e. The van der Waals surface area contributed by atoms with E-state index in [1.165, 1.54) is 27.6 Å². The van der Waals surface area contributed by atoms with Gasteiger partial charge < -0.3 is 4.74 Å². The van der Waals surface area contributed by atoms with E-state index in [2.05, 4.69) is 56.3 Å². The molecule has 1 aliphatic heterocycles. The normalized spacial score (nSPS) is 20.3. The first-order chi connectivity index (χ1) is 12.6. The van der Waals surface area contributed by atoms with Gasteiger partial charge >= 0.3 is 5.97 Å². The van der Waals surface area contributed by atoms with Crippen molar-refractivity contribution in [1.82, 2.24) is 0 Å². The summed E-state index contributed by atoms with van der Waals surface area (Å²) < 4.78 is 5.79. The molecule has 2 nitrogen and oxygen atoms in total. The maximum atomic E-state index is 12.7. The van der Waals surface area contributed by atoms with Gasteiger partial charge in [0.05, 0.1) is 0 Å². The number of aryl methyl sites for hydroxylation is 3. The smallest absolute Gasteiger partial charge is 0.322 e. The van der Waals surface area contributed by atoms with Crippen LogP contribution in [-0.2, 0) is 4.79 Å². The molecule has 0 radical (unpaired) electrons. The first-order valence-corrected chi connectivity index (χ1v) is 9.08. The number of allylic oxidation sites excluding steroid dienone is 1. The summed E-state index contributed by atoms with van der Waals surface area (Å²) in [4.78, 5) is 12.7. The lowest BCUT2D eigenvalue weighted by atomic mass is 9.74. The molecule has 0 amide bonds. The van der Waals surface area contributed by atoms with Gasteiger partial charge in [0.15, 0.2) is 0 Å². The first kappa shape index (κ1) is 15.4. The minimum atomic E-state index is -0.304. The second-order valence-corrected chi connectivity index (χ2v) is 7.46. The summed E-state index contributed by atoms with van der Waals surface area (Å²) in [5.74, 6) is 0.444. The molecule has 26 heavy (non-hydrogen) atoms. The summed E-state index contributed by atoms with van der Waals surface area (Å²) in [5.41, 5.74) is 7.13. The largest absolute Gasteiger partial charge is 0.425 e. The van der Waals surface area contributed by atoms with Crippen molar-refractivity contribution in [2.75, 3.05) is 0 Å². The van der Waals surface area contributed by atoms with Crippen molar-refractivity contribution >= 4 is 16.7 Å². The molecule has 0 bridgehead atoms. The maximum absolute atomic E-state index is 12.7. The highest BCUT2D eigenvalue weighted by atomic mass is 16.5. The summed E-state index contributed by atoms with van der Waals surface area (Å²) in [7, 11) is 0. The Morgan fingerprint density at radius 2 is 1.50 bits per heavy atom. The van der Waals surface area contributed by atoms with E-state index in [-0.39, 0.29) is 17.8 Å². The van der Waals surface area contributed by atoms with E-state index in [1.807, 2.05) is 19.1 Å². The first-order valence-electron chi connectivity index (χ1n) is 9.08. The number of carbonyl (C=O) groups excluding carboxylic acids is 1. The number of hydrogen-bond acceptors (Lipinski definition) is 2. The molecule has 2 aliphatic rings. The van der Waals surface area contributed by atoms with Crippen molar-refractivity contribution in [1.29, 1.82) is 0 Å². The van der Waals surface area contributed by atoms with Crippen LogP contribution in [-0.4, -0.2) is 5.97 Å². The van der Waals surface area contributed by atoms with Gasteiger partial charge in [-0.3, -0.25) is 4.79 Å². The van der Waals surface area contributed by atoms with Crippen LogP contribution in [0.2, 0.25) is 0 Å². The Bertz CT molecular complexity index is 1110. The van der Waals surface area contributed by atoms with Crippen LogP contribution in [0.5, 0.6) is 5.75 Å². The van der Waals surface area contributed by atoms with Gasteiger partial charge in [0.2, 0.25) is 0 Å². The average molecular weight is 340 g/mol. The molecule has 5 rings (SSSR count). The van der Waals surface area contributed by atoms with Crippen LogP contribution >= 0.6 is 0 Å². The highest BCUT2D eigenvalue weighted by Crippen LogP contribution is 2.49. The molecule has 0 saturated heterocycles. The lowest BCUT2D eigenvalue weighted by Gasteiger charge is -2.33. The molecule has 0 fully saturated rings. The highest BCUT2D eigenvalue weighted by molar-refractivity contribution is 6.05. The van der Waals surface area contributed by atoms with Crippen molar-refractivity contribution < 1.29 is 9.53 Å². The number of hydrogen-bond donors (Lipinski definition) is 0. The van der Waals surface area contributed by atoms with E-state index in [9.17, 15) is 4.79 Å². The monoisotopic (exact) mass is 340 g/mol. The number of rotatable bonds is 1. The number of benzene rings is 3. The third-order valence-electron chi connectivity index (χ3n) is 5.77. The molecule has 1 aliphatic carbocycles. The van der Waals surface area contributed by atoms with Crippen LogP contribution in [0.25, 0.3) is 10.8 Å². The highest BCUT2D eigenvalue weighted by Gasteiger charge is 2.37. The van der Waals surface area contributed by atoms with Crippen molar-refractivity contribution in [2.24, 2.45) is 0 Å². The fourth-order valence-corrected chi connectivity index (χ4v) is 4.72. The standard InChI is InChI=1S/C24H20O2/c1-13-11-15(3)23-22-20(13)14(2)12-19-17(16-7-5-4-6-8-16)9-10-18(21(19)22)24(25)26-23/h4-12,17-18H,1-3H3. The molecule has 3 aromatic carbocycles. The number of carbonyl (C=O) groups is 1. The molecule has 2 atom stereocenters. The quantitative estimate of drug-likeness (QED) is 0.333. The Labute approximate surface area is 153 Å². The third-order valence-corrected chi connectivity index (χ3v) is 5.77. The molecule has 0 saturated carbocycles. The molecule has 128 valence electrons. The van der Waals surface area contributed by atoms with E-state index in [1.54, 1.807) is 0 Å². The minimum absolute atomic E-state index is 0.168. The van der Waals surface area contributed by atoms with E-state index in [0.29, 0.717) is 0 Å². The Hall–Kier alpha value is -2.87. The molecule has 3 aromatic rings. The van der Waals surface area contributed by atoms with Crippen LogP contribution in [0.1, 0.15) is 45.2 Å². The van der Waals surface area contributed by atoms with Gasteiger partial charge in [-0.15, -0.1) is 0 Å². The van der Waals surface area contributed by atoms with Crippen LogP contribution < -0.4 is 4.74 Å². The van der Waals surface area contributed by atoms with Gasteiger partial charge in [0, 0.05) is 11.3 Å². The summed E-state index contributed by atoms with van der Waals surface area (Å²) in [6, 6.07) is 14.9. The molecular formula is C24H20O2. The van der Waals surface area contributed by atoms with E-state index < -0.39 is 0 Å². The van der Waals surface area contributed by atoms with Gasteiger partial charge in [-0.05, 0) is 59.5 Å². The van der Waals surface area contributed by atoms with Gasteiger partial charge in [0.25, 0.3) is 0 Å². The zero-order chi connectivity index (χ0) is 18.0. The fourth-order valence-electron chi connectivity index (χ4n) is 4.72. The Morgan fingerprint density at radius 1 is 0.808 bits per heavy atom. The average Bonchev–Trinajstić information content (AvgIpc) is 2.63. The lowest BCUT2D eigenvalue weighted by Crippen LogP contribution is -2.27. The maximum Gasteiger partial charge on any atom is 0.322 e. The second-order valence-electron chi connectivity index (χ2n) is 7.46. The Balaban J connectivity index is 1.92. The van der Waals surface area contributed by atoms with Crippen molar-refractivity contribution in [3.63, 3.8) is 0 Å². The zero-order valence-corrected chi connectivity index (χ0v) is 15.2. The summed E-state index contributed by atoms with van der Waals surface area (Å²) in [5, 5.41) is 2.36. The summed E-state index contributed by atoms with van der Waals surface area (Å²) >= 11 is 0. The van der Waals surface area contributed by atoms with E-state index >= 15 is 0 Å². The third kappa shape index (κ3) is 1.96. The molecule has 2 heteroatoms. The SMILES string of the molecule is Cc1cc(C)c2c(C)cc3c4c2c1OC(=O)C4C=CC3c1ccccc1. The number of ether oxygens (including phenoxy) is 1. The molecule has 0 aromatic heterocycles. The fraction of sp³-hybridized carbons (Fsp3) is 0.208. The lowest BCUT2D eigenvalue weighted by molar-refractivity contribution is -0.135. The summed E-state index contributed by atoms with van der Waals surface area (Å²) in [6.07, 6.45) is 4.18. The number of esters is 1. The van der Waals surface area contributed by atoms with Crippen LogP contribution in [0, 0.1) is 20.8 Å². The van der Waals surface area contributed by atoms with Crippen LogP contribution in [0.4, 0.5) is 0 Å². The van der Waals surface area contributed by atoms with Crippen molar-refractivity contribution in [3.8, 4) is 5.75 Å². The Morgan fingerprint density at radius 3 is 2.27 bits per heavy atom. The van der Waals surface area contributed by atoms with Crippen molar-refractivity contribution in [2.45, 2.75) is 32.6 Å². The van der Waals surface area contributed by atoms with Crippen LogP contribution in [0.3, 0.4) is 0 Å². The predicted molar refractivity (Wildman–Crippen MR) is 104 cm³/mol. The predicted octanol–water partition coefficient (Wildman–Crippen LogP) is 5.47. The second kappa shape index (κ2) is 5.31. The Kier molecular flexibility index (Phi) is 3.14. The summed E-state index contributed by atoms with van der Waals surface area (Å²) in [6.45, 7) is 6.33. The molecular weight excluding hydrogens is 320 g/mol. The van der Waals surface area contributed by atoms with E-state index in [4.69, 9.17) is 4.74 Å². The van der Waals surface area contributed by atoms with Gasteiger partial charge in [0.1, 0.15) is 11.7 Å². The van der Waals surface area contributed by atoms with Crippen molar-refractivity contribution in [3.05, 3.63) is 88.0 Å². The van der Waals surface area contributed by atoms with Crippen LogP contribution in [0.15, 0.2) is 54.6 Å². The van der Waals surface area contributed by atoms with Gasteiger partial charge in [-0.25, -0.2) is 0 Å². The zero-order valence-electron chi connectivity index (χ0n) is 15.2.